The molecule has 98 valence electrons. The molecule has 0 aromatic rings. The van der Waals surface area contributed by atoms with Crippen LogP contribution in [0, 0.1) is 17.2 Å². The van der Waals surface area contributed by atoms with Crippen molar-refractivity contribution in [1.29, 1.82) is 5.26 Å². The summed E-state index contributed by atoms with van der Waals surface area (Å²) in [7, 11) is 0. The average molecular weight is 237 g/mol. The van der Waals surface area contributed by atoms with E-state index in [1.54, 1.807) is 0 Å². The number of nitrogens with one attached hydrogen (secondary N) is 1. The third-order valence-corrected chi connectivity index (χ3v) is 3.86. The van der Waals surface area contributed by atoms with Crippen LogP contribution in [0.25, 0.3) is 0 Å². The van der Waals surface area contributed by atoms with E-state index < -0.39 is 0 Å². The van der Waals surface area contributed by atoms with Crippen molar-refractivity contribution in [2.45, 2.75) is 52.0 Å². The van der Waals surface area contributed by atoms with E-state index in [-0.39, 0.29) is 6.04 Å². The summed E-state index contributed by atoms with van der Waals surface area (Å²) in [5.74, 6) is 0.931. The maximum atomic E-state index is 8.99. The van der Waals surface area contributed by atoms with Gasteiger partial charge in [-0.1, -0.05) is 20.3 Å². The summed E-state index contributed by atoms with van der Waals surface area (Å²) in [6.45, 7) is 8.76. The van der Waals surface area contributed by atoms with Crippen molar-refractivity contribution in [2.24, 2.45) is 5.92 Å². The molecule has 0 spiro atoms. The Morgan fingerprint density at radius 3 is 2.82 bits per heavy atom. The zero-order chi connectivity index (χ0) is 12.5. The molecule has 0 radical (unpaired) electrons. The van der Waals surface area contributed by atoms with Gasteiger partial charge in [-0.25, -0.2) is 0 Å². The summed E-state index contributed by atoms with van der Waals surface area (Å²) < 4.78 is 0. The number of likely N-dealkylation sites (tertiary alicyclic amines) is 1. The minimum absolute atomic E-state index is 0.0326. The SMILES string of the molecule is CCNC(C#N)CCN1CCCC(CC)CC1. The maximum Gasteiger partial charge on any atom is 0.0965 e. The Labute approximate surface area is 106 Å². The predicted molar refractivity (Wildman–Crippen MR) is 71.8 cm³/mol. The molecule has 1 saturated heterocycles. The molecule has 1 fully saturated rings. The molecule has 1 N–H and O–H groups in total. The average Bonchev–Trinajstić information content (AvgIpc) is 2.59. The Kier molecular flexibility index (Phi) is 7.23. The lowest BCUT2D eigenvalue weighted by Gasteiger charge is -2.21. The van der Waals surface area contributed by atoms with Gasteiger partial charge in [0.2, 0.25) is 0 Å². The Bertz CT molecular complexity index is 234. The molecule has 17 heavy (non-hydrogen) atoms. The summed E-state index contributed by atoms with van der Waals surface area (Å²) in [5, 5.41) is 12.2. The molecular weight excluding hydrogens is 210 g/mol. The lowest BCUT2D eigenvalue weighted by atomic mass is 9.98. The van der Waals surface area contributed by atoms with Gasteiger partial charge in [-0.3, -0.25) is 0 Å². The molecule has 0 bridgehead atoms. The minimum Gasteiger partial charge on any atom is -0.303 e. The third-order valence-electron chi connectivity index (χ3n) is 3.86. The van der Waals surface area contributed by atoms with Gasteiger partial charge in [0, 0.05) is 6.54 Å². The second kappa shape index (κ2) is 8.49. The van der Waals surface area contributed by atoms with Crippen molar-refractivity contribution in [2.75, 3.05) is 26.2 Å². The van der Waals surface area contributed by atoms with E-state index >= 15 is 0 Å². The Morgan fingerprint density at radius 1 is 1.35 bits per heavy atom. The first-order valence-corrected chi connectivity index (χ1v) is 7.15. The van der Waals surface area contributed by atoms with Gasteiger partial charge in [-0.05, 0) is 51.2 Å². The number of rotatable bonds is 6. The summed E-state index contributed by atoms with van der Waals surface area (Å²) in [4.78, 5) is 2.54. The van der Waals surface area contributed by atoms with Gasteiger partial charge < -0.3 is 10.2 Å². The van der Waals surface area contributed by atoms with Crippen LogP contribution in [0.4, 0.5) is 0 Å². The highest BCUT2D eigenvalue weighted by Crippen LogP contribution is 2.20. The summed E-state index contributed by atoms with van der Waals surface area (Å²) >= 11 is 0. The maximum absolute atomic E-state index is 8.99. The first-order chi connectivity index (χ1) is 8.30. The van der Waals surface area contributed by atoms with E-state index in [1.807, 2.05) is 0 Å². The standard InChI is InChI=1S/C14H27N3/c1-3-13-6-5-9-17(10-7-13)11-8-14(12-15)16-4-2/h13-14,16H,3-11H2,1-2H3. The minimum atomic E-state index is 0.0326. The lowest BCUT2D eigenvalue weighted by Crippen LogP contribution is -2.34. The van der Waals surface area contributed by atoms with Crippen LogP contribution in [0.2, 0.25) is 0 Å². The normalized spacial score (nSPS) is 23.9. The Morgan fingerprint density at radius 2 is 2.18 bits per heavy atom. The molecule has 0 amide bonds. The van der Waals surface area contributed by atoms with Gasteiger partial charge in [0.25, 0.3) is 0 Å². The number of nitrogens with zero attached hydrogens (tertiary/aromatic N) is 2. The first-order valence-electron chi connectivity index (χ1n) is 7.15. The second-order valence-electron chi connectivity index (χ2n) is 5.07. The van der Waals surface area contributed by atoms with E-state index in [2.05, 4.69) is 30.1 Å². The van der Waals surface area contributed by atoms with Crippen LogP contribution in [0.1, 0.15) is 46.0 Å². The molecule has 3 nitrogen and oxygen atoms in total. The molecule has 0 saturated carbocycles. The van der Waals surface area contributed by atoms with Crippen LogP contribution in [-0.2, 0) is 0 Å². The van der Waals surface area contributed by atoms with E-state index in [9.17, 15) is 0 Å². The van der Waals surface area contributed by atoms with Crippen molar-refractivity contribution < 1.29 is 0 Å². The highest BCUT2D eigenvalue weighted by Gasteiger charge is 2.16. The van der Waals surface area contributed by atoms with Crippen LogP contribution >= 0.6 is 0 Å². The predicted octanol–water partition coefficient (Wildman–Crippen LogP) is 2.39. The van der Waals surface area contributed by atoms with Crippen molar-refractivity contribution in [3.63, 3.8) is 0 Å². The monoisotopic (exact) mass is 237 g/mol. The summed E-state index contributed by atoms with van der Waals surface area (Å²) in [5.41, 5.74) is 0. The fraction of sp³-hybridized carbons (Fsp3) is 0.929. The Balaban J connectivity index is 2.25. The number of hydrogen-bond acceptors (Lipinski definition) is 3. The van der Waals surface area contributed by atoms with Gasteiger partial charge in [0.1, 0.15) is 0 Å². The van der Waals surface area contributed by atoms with Crippen molar-refractivity contribution in [3.8, 4) is 6.07 Å². The molecule has 1 aliphatic rings. The quantitative estimate of drug-likeness (QED) is 0.771. The van der Waals surface area contributed by atoms with Crippen LogP contribution in [0.5, 0.6) is 0 Å². The van der Waals surface area contributed by atoms with Crippen molar-refractivity contribution >= 4 is 0 Å². The highest BCUT2D eigenvalue weighted by molar-refractivity contribution is 4.90. The zero-order valence-corrected chi connectivity index (χ0v) is 11.4. The van der Waals surface area contributed by atoms with Gasteiger partial charge >= 0.3 is 0 Å². The smallest absolute Gasteiger partial charge is 0.0965 e. The third kappa shape index (κ3) is 5.52. The molecule has 2 atom stereocenters. The van der Waals surface area contributed by atoms with E-state index in [1.165, 1.54) is 38.8 Å². The molecule has 0 aliphatic carbocycles. The van der Waals surface area contributed by atoms with Crippen molar-refractivity contribution in [1.82, 2.24) is 10.2 Å². The van der Waals surface area contributed by atoms with Crippen molar-refractivity contribution in [3.05, 3.63) is 0 Å². The number of nitriles is 1. The molecule has 2 unspecified atom stereocenters. The second-order valence-corrected chi connectivity index (χ2v) is 5.07. The topological polar surface area (TPSA) is 39.1 Å². The largest absolute Gasteiger partial charge is 0.303 e. The molecule has 3 heteroatoms. The fourth-order valence-corrected chi connectivity index (χ4v) is 2.63. The fourth-order valence-electron chi connectivity index (χ4n) is 2.63. The van der Waals surface area contributed by atoms with Crippen LogP contribution in [0.15, 0.2) is 0 Å². The van der Waals surface area contributed by atoms with Gasteiger partial charge in [-0.15, -0.1) is 0 Å². The molecule has 1 rings (SSSR count). The van der Waals surface area contributed by atoms with E-state index in [4.69, 9.17) is 5.26 Å². The summed E-state index contributed by atoms with van der Waals surface area (Å²) in [6.07, 6.45) is 6.35. The van der Waals surface area contributed by atoms with Crippen LogP contribution in [-0.4, -0.2) is 37.1 Å². The first kappa shape index (κ1) is 14.5. The molecule has 1 aliphatic heterocycles. The molecule has 0 aromatic carbocycles. The number of hydrogen-bond donors (Lipinski definition) is 1. The van der Waals surface area contributed by atoms with E-state index in [0.717, 1.165) is 25.4 Å². The lowest BCUT2D eigenvalue weighted by molar-refractivity contribution is 0.269. The van der Waals surface area contributed by atoms with Gasteiger partial charge in [-0.2, -0.15) is 5.26 Å². The molecular formula is C14H27N3. The van der Waals surface area contributed by atoms with Gasteiger partial charge in [0.05, 0.1) is 12.1 Å². The zero-order valence-electron chi connectivity index (χ0n) is 11.4. The van der Waals surface area contributed by atoms with Gasteiger partial charge in [0.15, 0.2) is 0 Å². The van der Waals surface area contributed by atoms with E-state index in [0.29, 0.717) is 0 Å². The Hall–Kier alpha value is -0.590. The van der Waals surface area contributed by atoms with Crippen LogP contribution < -0.4 is 5.32 Å². The van der Waals surface area contributed by atoms with Crippen LogP contribution in [0.3, 0.4) is 0 Å². The molecule has 1 heterocycles. The highest BCUT2D eigenvalue weighted by atomic mass is 15.1. The molecule has 0 aromatic heterocycles. The summed E-state index contributed by atoms with van der Waals surface area (Å²) in [6, 6.07) is 2.37.